The molecule has 1 aliphatic carbocycles. The lowest BCUT2D eigenvalue weighted by Gasteiger charge is -2.09. The van der Waals surface area contributed by atoms with Crippen LogP contribution in [-0.4, -0.2) is 36.1 Å². The van der Waals surface area contributed by atoms with Crippen LogP contribution in [0.1, 0.15) is 54.7 Å². The van der Waals surface area contributed by atoms with Gasteiger partial charge >= 0.3 is 5.97 Å². The van der Waals surface area contributed by atoms with Crippen molar-refractivity contribution in [2.45, 2.75) is 65.0 Å². The molecule has 28 heavy (non-hydrogen) atoms. The average Bonchev–Trinajstić information content (AvgIpc) is 3.29. The standard InChI is InChI=1S/C18H22N6O3S/c1-2-9-24-14(21-22-23-24)10-27-15(25)8-7-13-19-17(26)16-11-5-3-4-6-12(11)28-18(16)20-13/h2-10H2,1H3,(H,19,20,26). The van der Waals surface area contributed by atoms with E-state index in [9.17, 15) is 9.59 Å². The van der Waals surface area contributed by atoms with Crippen molar-refractivity contribution < 1.29 is 9.53 Å². The van der Waals surface area contributed by atoms with Crippen LogP contribution >= 0.6 is 11.3 Å². The van der Waals surface area contributed by atoms with E-state index in [1.54, 1.807) is 16.0 Å². The summed E-state index contributed by atoms with van der Waals surface area (Å²) < 4.78 is 6.88. The maximum Gasteiger partial charge on any atom is 0.306 e. The number of tetrazole rings is 1. The quantitative estimate of drug-likeness (QED) is 0.600. The van der Waals surface area contributed by atoms with Crippen molar-refractivity contribution >= 4 is 27.5 Å². The number of rotatable bonds is 7. The van der Waals surface area contributed by atoms with Crippen LogP contribution in [0.5, 0.6) is 0 Å². The first-order valence-corrected chi connectivity index (χ1v) is 10.4. The van der Waals surface area contributed by atoms with E-state index in [0.29, 0.717) is 24.6 Å². The van der Waals surface area contributed by atoms with Crippen LogP contribution in [0.15, 0.2) is 4.79 Å². The van der Waals surface area contributed by atoms with E-state index in [2.05, 4.69) is 25.5 Å². The van der Waals surface area contributed by atoms with Crippen LogP contribution in [0.4, 0.5) is 0 Å². The number of nitrogens with one attached hydrogen (secondary N) is 1. The van der Waals surface area contributed by atoms with E-state index in [4.69, 9.17) is 4.74 Å². The second kappa shape index (κ2) is 8.17. The van der Waals surface area contributed by atoms with E-state index < -0.39 is 0 Å². The zero-order valence-electron chi connectivity index (χ0n) is 15.7. The van der Waals surface area contributed by atoms with Gasteiger partial charge in [0.1, 0.15) is 10.7 Å². The molecule has 0 atom stereocenters. The number of hydrogen-bond acceptors (Lipinski definition) is 8. The van der Waals surface area contributed by atoms with Gasteiger partial charge in [-0.05, 0) is 48.1 Å². The van der Waals surface area contributed by atoms with Crippen molar-refractivity contribution in [3.8, 4) is 0 Å². The highest BCUT2D eigenvalue weighted by Crippen LogP contribution is 2.33. The van der Waals surface area contributed by atoms with E-state index in [1.165, 1.54) is 4.88 Å². The third kappa shape index (κ3) is 3.82. The third-order valence-electron chi connectivity index (χ3n) is 4.84. The molecular formula is C18H22N6O3S. The zero-order chi connectivity index (χ0) is 19.5. The largest absolute Gasteiger partial charge is 0.457 e. The molecule has 0 saturated heterocycles. The molecule has 4 rings (SSSR count). The van der Waals surface area contributed by atoms with Gasteiger partial charge in [0.15, 0.2) is 12.4 Å². The Hall–Kier alpha value is -2.62. The van der Waals surface area contributed by atoms with Gasteiger partial charge in [0.2, 0.25) is 0 Å². The van der Waals surface area contributed by atoms with Gasteiger partial charge < -0.3 is 9.72 Å². The summed E-state index contributed by atoms with van der Waals surface area (Å²) in [4.78, 5) is 34.1. The molecule has 10 heteroatoms. The van der Waals surface area contributed by atoms with Crippen molar-refractivity contribution in [3.63, 3.8) is 0 Å². The number of nitrogens with zero attached hydrogens (tertiary/aromatic N) is 5. The molecule has 3 aromatic heterocycles. The van der Waals surface area contributed by atoms with E-state index in [0.717, 1.165) is 47.9 Å². The van der Waals surface area contributed by atoms with E-state index >= 15 is 0 Å². The summed E-state index contributed by atoms with van der Waals surface area (Å²) in [5, 5.41) is 12.1. The van der Waals surface area contributed by atoms with Gasteiger partial charge in [-0.15, -0.1) is 16.4 Å². The number of carbonyl (C=O) groups is 1. The second-order valence-electron chi connectivity index (χ2n) is 6.88. The van der Waals surface area contributed by atoms with Crippen LogP contribution in [0.25, 0.3) is 10.2 Å². The molecule has 3 heterocycles. The average molecular weight is 402 g/mol. The van der Waals surface area contributed by atoms with Crippen molar-refractivity contribution in [1.29, 1.82) is 0 Å². The topological polar surface area (TPSA) is 116 Å². The molecule has 3 aromatic rings. The van der Waals surface area contributed by atoms with Gasteiger partial charge in [-0.3, -0.25) is 9.59 Å². The molecule has 0 aliphatic heterocycles. The maximum atomic E-state index is 12.5. The number of fused-ring (bicyclic) bond motifs is 3. The Morgan fingerprint density at radius 2 is 2.18 bits per heavy atom. The fourth-order valence-electron chi connectivity index (χ4n) is 3.48. The van der Waals surface area contributed by atoms with E-state index in [1.807, 2.05) is 6.92 Å². The summed E-state index contributed by atoms with van der Waals surface area (Å²) >= 11 is 1.60. The minimum atomic E-state index is -0.376. The Labute approximate surface area is 165 Å². The Bertz CT molecular complexity index is 1050. The molecule has 9 nitrogen and oxygen atoms in total. The Morgan fingerprint density at radius 3 is 3.04 bits per heavy atom. The van der Waals surface area contributed by atoms with Crippen LogP contribution < -0.4 is 5.56 Å². The van der Waals surface area contributed by atoms with Crippen molar-refractivity contribution in [2.75, 3.05) is 0 Å². The predicted molar refractivity (Wildman–Crippen MR) is 103 cm³/mol. The third-order valence-corrected chi connectivity index (χ3v) is 6.03. The highest BCUT2D eigenvalue weighted by atomic mass is 32.1. The molecule has 0 spiro atoms. The fraction of sp³-hybridized carbons (Fsp3) is 0.556. The molecule has 1 aliphatic rings. The smallest absolute Gasteiger partial charge is 0.306 e. The Kier molecular flexibility index (Phi) is 5.47. The molecule has 148 valence electrons. The van der Waals surface area contributed by atoms with Crippen molar-refractivity contribution in [3.05, 3.63) is 32.4 Å². The van der Waals surface area contributed by atoms with Gasteiger partial charge in [0.05, 0.1) is 11.8 Å². The maximum absolute atomic E-state index is 12.5. The van der Waals surface area contributed by atoms with Gasteiger partial charge in [0, 0.05) is 17.8 Å². The lowest BCUT2D eigenvalue weighted by Crippen LogP contribution is -2.15. The van der Waals surface area contributed by atoms with Crippen LogP contribution in [-0.2, 0) is 41.9 Å². The Morgan fingerprint density at radius 1 is 1.32 bits per heavy atom. The number of thiophene rings is 1. The second-order valence-corrected chi connectivity index (χ2v) is 7.97. The Balaban J connectivity index is 1.39. The number of hydrogen-bond donors (Lipinski definition) is 1. The minimum absolute atomic E-state index is 0.0342. The number of aryl methyl sites for hydroxylation is 4. The van der Waals surface area contributed by atoms with Crippen molar-refractivity contribution in [2.24, 2.45) is 0 Å². The normalized spacial score (nSPS) is 13.6. The number of esters is 1. The molecule has 0 radical (unpaired) electrons. The lowest BCUT2D eigenvalue weighted by atomic mass is 9.97. The highest BCUT2D eigenvalue weighted by Gasteiger charge is 2.20. The molecule has 0 aromatic carbocycles. The summed E-state index contributed by atoms with van der Waals surface area (Å²) in [7, 11) is 0. The van der Waals surface area contributed by atoms with Gasteiger partial charge in [-0.1, -0.05) is 6.92 Å². The van der Waals surface area contributed by atoms with Crippen LogP contribution in [0.3, 0.4) is 0 Å². The molecule has 1 N–H and O–H groups in total. The highest BCUT2D eigenvalue weighted by molar-refractivity contribution is 7.18. The van der Waals surface area contributed by atoms with Gasteiger partial charge in [0.25, 0.3) is 5.56 Å². The number of aromatic nitrogens is 6. The van der Waals surface area contributed by atoms with Gasteiger partial charge in [-0.25, -0.2) is 9.67 Å². The molecule has 0 fully saturated rings. The van der Waals surface area contributed by atoms with Gasteiger partial charge in [-0.2, -0.15) is 0 Å². The van der Waals surface area contributed by atoms with Crippen molar-refractivity contribution in [1.82, 2.24) is 30.2 Å². The SMILES string of the molecule is CCCn1nnnc1COC(=O)CCc1nc2sc3c(c2c(=O)[nH]1)CCCC3. The van der Waals surface area contributed by atoms with Crippen LogP contribution in [0, 0.1) is 0 Å². The van der Waals surface area contributed by atoms with Crippen LogP contribution in [0.2, 0.25) is 0 Å². The summed E-state index contributed by atoms with van der Waals surface area (Å²) in [5.74, 6) is 0.662. The summed E-state index contributed by atoms with van der Waals surface area (Å²) in [5.41, 5.74) is 1.06. The summed E-state index contributed by atoms with van der Waals surface area (Å²) in [6.45, 7) is 2.73. The molecule has 0 bridgehead atoms. The predicted octanol–water partition coefficient (Wildman–Crippen LogP) is 1.94. The fourth-order valence-corrected chi connectivity index (χ4v) is 4.76. The number of carbonyl (C=O) groups excluding carboxylic acids is 1. The zero-order valence-corrected chi connectivity index (χ0v) is 16.5. The number of aromatic amines is 1. The van der Waals surface area contributed by atoms with E-state index in [-0.39, 0.29) is 24.6 Å². The lowest BCUT2D eigenvalue weighted by molar-refractivity contribution is -0.145. The number of ether oxygens (including phenoxy) is 1. The molecule has 0 amide bonds. The molecule has 0 unspecified atom stereocenters. The summed E-state index contributed by atoms with van der Waals surface area (Å²) in [6, 6.07) is 0. The minimum Gasteiger partial charge on any atom is -0.457 e. The summed E-state index contributed by atoms with van der Waals surface area (Å²) in [6.07, 6.45) is 5.60. The molecule has 0 saturated carbocycles. The molecular weight excluding hydrogens is 380 g/mol. The first kappa shape index (κ1) is 18.7. The number of H-pyrrole nitrogens is 1. The monoisotopic (exact) mass is 402 g/mol. The first-order valence-electron chi connectivity index (χ1n) is 9.59. The first-order chi connectivity index (χ1) is 13.7.